The van der Waals surface area contributed by atoms with E-state index in [2.05, 4.69) is 4.98 Å². The second kappa shape index (κ2) is 3.18. The van der Waals surface area contributed by atoms with Crippen LogP contribution in [-0.2, 0) is 0 Å². The molecule has 0 aliphatic carbocycles. The van der Waals surface area contributed by atoms with Crippen LogP contribution < -0.4 is 10.5 Å². The molecule has 2 rings (SSSR count). The zero-order chi connectivity index (χ0) is 10.1. The van der Waals surface area contributed by atoms with E-state index in [9.17, 15) is 0 Å². The van der Waals surface area contributed by atoms with Crippen molar-refractivity contribution in [2.75, 3.05) is 12.8 Å². The van der Waals surface area contributed by atoms with Crippen LogP contribution in [0.4, 0.5) is 5.82 Å². The normalized spacial score (nSPS) is 10.4. The summed E-state index contributed by atoms with van der Waals surface area (Å²) in [6, 6.07) is 5.91. The fraction of sp³-hybridized carbons (Fsp3) is 0.182. The van der Waals surface area contributed by atoms with Crippen molar-refractivity contribution < 1.29 is 4.74 Å². The van der Waals surface area contributed by atoms with E-state index in [1.807, 2.05) is 25.1 Å². The molecule has 3 nitrogen and oxygen atoms in total. The minimum absolute atomic E-state index is 0.542. The third-order valence-corrected chi connectivity index (χ3v) is 2.31. The number of aryl methyl sites for hydroxylation is 1. The predicted molar refractivity (Wildman–Crippen MR) is 57.4 cm³/mol. The maximum absolute atomic E-state index is 5.76. The minimum Gasteiger partial charge on any atom is -0.496 e. The number of anilines is 1. The standard InChI is InChI=1S/C11H12N2O/c1-7-5-8-3-4-13-11(12)9(8)6-10(7)14-2/h3-6H,1-2H3,(H2,12,13). The first-order chi connectivity index (χ1) is 6.72. The van der Waals surface area contributed by atoms with E-state index in [4.69, 9.17) is 10.5 Å². The molecule has 2 N–H and O–H groups in total. The summed E-state index contributed by atoms with van der Waals surface area (Å²) in [5.74, 6) is 1.39. The monoisotopic (exact) mass is 188 g/mol. The third-order valence-electron chi connectivity index (χ3n) is 2.31. The summed E-state index contributed by atoms with van der Waals surface area (Å²) in [4.78, 5) is 4.03. The van der Waals surface area contributed by atoms with Gasteiger partial charge in [-0.3, -0.25) is 0 Å². The first-order valence-electron chi connectivity index (χ1n) is 4.41. The maximum Gasteiger partial charge on any atom is 0.131 e. The molecule has 0 bridgehead atoms. The van der Waals surface area contributed by atoms with Crippen LogP contribution in [0, 0.1) is 6.92 Å². The van der Waals surface area contributed by atoms with Crippen molar-refractivity contribution >= 4 is 16.6 Å². The van der Waals surface area contributed by atoms with E-state index in [1.165, 1.54) is 0 Å². The molecule has 2 aromatic rings. The Labute approximate surface area is 82.5 Å². The summed E-state index contributed by atoms with van der Waals surface area (Å²) < 4.78 is 5.22. The number of hydrogen-bond acceptors (Lipinski definition) is 3. The highest BCUT2D eigenvalue weighted by molar-refractivity contribution is 5.92. The molecular weight excluding hydrogens is 176 g/mol. The third kappa shape index (κ3) is 1.27. The fourth-order valence-corrected chi connectivity index (χ4v) is 1.56. The molecule has 14 heavy (non-hydrogen) atoms. The molecule has 0 unspecified atom stereocenters. The Morgan fingerprint density at radius 1 is 1.36 bits per heavy atom. The van der Waals surface area contributed by atoms with Gasteiger partial charge >= 0.3 is 0 Å². The van der Waals surface area contributed by atoms with Gasteiger partial charge < -0.3 is 10.5 Å². The van der Waals surface area contributed by atoms with Crippen molar-refractivity contribution in [3.05, 3.63) is 30.0 Å². The highest BCUT2D eigenvalue weighted by Crippen LogP contribution is 2.27. The van der Waals surface area contributed by atoms with Gasteiger partial charge in [0.05, 0.1) is 7.11 Å². The highest BCUT2D eigenvalue weighted by atomic mass is 16.5. The van der Waals surface area contributed by atoms with Gasteiger partial charge in [-0.2, -0.15) is 0 Å². The van der Waals surface area contributed by atoms with Crippen LogP contribution in [0.3, 0.4) is 0 Å². The van der Waals surface area contributed by atoms with Crippen LogP contribution in [0.5, 0.6) is 5.75 Å². The molecule has 1 heterocycles. The zero-order valence-corrected chi connectivity index (χ0v) is 8.24. The lowest BCUT2D eigenvalue weighted by Gasteiger charge is -2.07. The van der Waals surface area contributed by atoms with Crippen molar-refractivity contribution in [3.63, 3.8) is 0 Å². The largest absolute Gasteiger partial charge is 0.496 e. The molecule has 0 fully saturated rings. The van der Waals surface area contributed by atoms with E-state index in [1.54, 1.807) is 13.3 Å². The SMILES string of the molecule is COc1cc2c(N)nccc2cc1C. The number of ether oxygens (including phenoxy) is 1. The lowest BCUT2D eigenvalue weighted by Crippen LogP contribution is -1.93. The summed E-state index contributed by atoms with van der Waals surface area (Å²) in [6.45, 7) is 2.01. The van der Waals surface area contributed by atoms with Gasteiger partial charge in [0.15, 0.2) is 0 Å². The number of aromatic nitrogens is 1. The number of benzene rings is 1. The topological polar surface area (TPSA) is 48.1 Å². The molecule has 0 aliphatic heterocycles. The minimum atomic E-state index is 0.542. The van der Waals surface area contributed by atoms with E-state index >= 15 is 0 Å². The Hall–Kier alpha value is -1.77. The molecule has 72 valence electrons. The first kappa shape index (κ1) is 8.81. The number of nitrogens with zero attached hydrogens (tertiary/aromatic N) is 1. The van der Waals surface area contributed by atoms with E-state index in [0.29, 0.717) is 5.82 Å². The van der Waals surface area contributed by atoms with Crippen molar-refractivity contribution in [1.29, 1.82) is 0 Å². The molecule has 0 spiro atoms. The predicted octanol–water partition coefficient (Wildman–Crippen LogP) is 2.13. The molecule has 3 heteroatoms. The summed E-state index contributed by atoms with van der Waals surface area (Å²) in [7, 11) is 1.65. The number of nitrogens with two attached hydrogens (primary N) is 1. The lowest BCUT2D eigenvalue weighted by molar-refractivity contribution is 0.412. The Balaban J connectivity index is 2.80. The van der Waals surface area contributed by atoms with Crippen LogP contribution in [0.25, 0.3) is 10.8 Å². The van der Waals surface area contributed by atoms with E-state index in [-0.39, 0.29) is 0 Å². The zero-order valence-electron chi connectivity index (χ0n) is 8.24. The average Bonchev–Trinajstić information content (AvgIpc) is 2.17. The Morgan fingerprint density at radius 2 is 2.14 bits per heavy atom. The molecular formula is C11H12N2O. The van der Waals surface area contributed by atoms with Crippen molar-refractivity contribution in [2.45, 2.75) is 6.92 Å². The molecule has 0 radical (unpaired) electrons. The Kier molecular flexibility index (Phi) is 2.00. The summed E-state index contributed by atoms with van der Waals surface area (Å²) in [5.41, 5.74) is 6.87. The fourth-order valence-electron chi connectivity index (χ4n) is 1.56. The molecule has 0 aliphatic rings. The van der Waals surface area contributed by atoms with E-state index < -0.39 is 0 Å². The number of fused-ring (bicyclic) bond motifs is 1. The molecule has 1 aromatic heterocycles. The second-order valence-electron chi connectivity index (χ2n) is 3.24. The number of nitrogen functional groups attached to an aromatic ring is 1. The van der Waals surface area contributed by atoms with Gasteiger partial charge in [0, 0.05) is 11.6 Å². The van der Waals surface area contributed by atoms with Crippen LogP contribution in [0.2, 0.25) is 0 Å². The van der Waals surface area contributed by atoms with Crippen LogP contribution >= 0.6 is 0 Å². The molecule has 1 aromatic carbocycles. The van der Waals surface area contributed by atoms with Gasteiger partial charge in [0.1, 0.15) is 11.6 Å². The van der Waals surface area contributed by atoms with Gasteiger partial charge in [0.2, 0.25) is 0 Å². The van der Waals surface area contributed by atoms with Gasteiger partial charge in [-0.15, -0.1) is 0 Å². The Bertz CT molecular complexity index is 480. The summed E-state index contributed by atoms with van der Waals surface area (Å²) in [5, 5.41) is 2.03. The summed E-state index contributed by atoms with van der Waals surface area (Å²) >= 11 is 0. The van der Waals surface area contributed by atoms with Gasteiger partial charge in [-0.1, -0.05) is 0 Å². The molecule has 0 saturated heterocycles. The first-order valence-corrected chi connectivity index (χ1v) is 4.41. The lowest BCUT2D eigenvalue weighted by atomic mass is 10.1. The summed E-state index contributed by atoms with van der Waals surface area (Å²) in [6.07, 6.45) is 1.71. The Morgan fingerprint density at radius 3 is 2.86 bits per heavy atom. The number of rotatable bonds is 1. The molecule has 0 amide bonds. The van der Waals surface area contributed by atoms with E-state index in [0.717, 1.165) is 22.1 Å². The molecule has 0 saturated carbocycles. The highest BCUT2D eigenvalue weighted by Gasteiger charge is 2.03. The smallest absolute Gasteiger partial charge is 0.131 e. The quantitative estimate of drug-likeness (QED) is 0.745. The molecule has 0 atom stereocenters. The van der Waals surface area contributed by atoms with Gasteiger partial charge in [-0.25, -0.2) is 4.98 Å². The van der Waals surface area contributed by atoms with Crippen molar-refractivity contribution in [3.8, 4) is 5.75 Å². The van der Waals surface area contributed by atoms with Crippen LogP contribution in [0.15, 0.2) is 24.4 Å². The van der Waals surface area contributed by atoms with Gasteiger partial charge in [-0.05, 0) is 36.1 Å². The van der Waals surface area contributed by atoms with Crippen molar-refractivity contribution in [1.82, 2.24) is 4.98 Å². The number of methoxy groups -OCH3 is 1. The average molecular weight is 188 g/mol. The van der Waals surface area contributed by atoms with Crippen LogP contribution in [-0.4, -0.2) is 12.1 Å². The maximum atomic E-state index is 5.76. The second-order valence-corrected chi connectivity index (χ2v) is 3.24. The van der Waals surface area contributed by atoms with Crippen LogP contribution in [0.1, 0.15) is 5.56 Å². The van der Waals surface area contributed by atoms with Crippen molar-refractivity contribution in [2.24, 2.45) is 0 Å². The number of hydrogen-bond donors (Lipinski definition) is 1. The number of pyridine rings is 1. The van der Waals surface area contributed by atoms with Gasteiger partial charge in [0.25, 0.3) is 0 Å².